The lowest BCUT2D eigenvalue weighted by Gasteiger charge is -2.09. The summed E-state index contributed by atoms with van der Waals surface area (Å²) in [6, 6.07) is 2.27. The molecule has 0 aliphatic carbocycles. The van der Waals surface area contributed by atoms with E-state index in [1.807, 2.05) is 6.92 Å². The molecular weight excluding hydrogens is 276 g/mol. The second-order valence-electron chi connectivity index (χ2n) is 4.95. The van der Waals surface area contributed by atoms with Crippen LogP contribution in [-0.4, -0.2) is 19.3 Å². The Balaban J connectivity index is 2.38. The molecule has 110 valence electrons. The molecule has 0 bridgehead atoms. The van der Waals surface area contributed by atoms with Gasteiger partial charge < -0.3 is 5.73 Å². The van der Waals surface area contributed by atoms with Crippen LogP contribution >= 0.6 is 0 Å². The van der Waals surface area contributed by atoms with E-state index in [-0.39, 0.29) is 17.2 Å². The monoisotopic (exact) mass is 291 g/mol. The summed E-state index contributed by atoms with van der Waals surface area (Å²) in [5.74, 6) is -0.945. The number of nitrogens with two attached hydrogens (primary N) is 1. The fourth-order valence-corrected chi connectivity index (χ4v) is 2.48. The van der Waals surface area contributed by atoms with Crippen LogP contribution in [0.1, 0.15) is 18.2 Å². The zero-order chi connectivity index (χ0) is 15.3. The van der Waals surface area contributed by atoms with Crippen molar-refractivity contribution < 1.29 is 8.78 Å². The highest BCUT2D eigenvalue weighted by Gasteiger charge is 2.21. The summed E-state index contributed by atoms with van der Waals surface area (Å²) in [6.45, 7) is 3.46. The van der Waals surface area contributed by atoms with E-state index >= 15 is 0 Å². The first-order valence-electron chi connectivity index (χ1n) is 6.59. The lowest BCUT2D eigenvalue weighted by molar-refractivity contribution is 0.586. The Morgan fingerprint density at radius 1 is 1.24 bits per heavy atom. The van der Waals surface area contributed by atoms with Crippen molar-refractivity contribution in [3.8, 4) is 5.69 Å². The van der Waals surface area contributed by atoms with Crippen molar-refractivity contribution in [2.45, 2.75) is 20.3 Å². The van der Waals surface area contributed by atoms with Gasteiger partial charge in [0.2, 0.25) is 5.95 Å². The maximum atomic E-state index is 14.2. The lowest BCUT2D eigenvalue weighted by atomic mass is 10.2. The van der Waals surface area contributed by atoms with E-state index in [1.165, 1.54) is 11.5 Å². The van der Waals surface area contributed by atoms with Crippen molar-refractivity contribution in [1.29, 1.82) is 0 Å². The summed E-state index contributed by atoms with van der Waals surface area (Å²) in [6.07, 6.45) is 0.679. The standard InChI is InChI=1S/C14H15F2N5/c1-4-10-12-13(20(3)19-10)21(14(17)18-12)11-6-8(15)7(2)5-9(11)16/h5-6H,4H2,1-3H3,(H2,17,18). The minimum atomic E-state index is -0.556. The number of nitrogen functional groups attached to an aromatic ring is 1. The quantitative estimate of drug-likeness (QED) is 0.789. The highest BCUT2D eigenvalue weighted by Crippen LogP contribution is 2.28. The summed E-state index contributed by atoms with van der Waals surface area (Å²) in [7, 11) is 1.72. The molecule has 0 fully saturated rings. The molecule has 0 saturated heterocycles. The van der Waals surface area contributed by atoms with Gasteiger partial charge in [-0.3, -0.25) is 4.57 Å². The fraction of sp³-hybridized carbons (Fsp3) is 0.286. The third-order valence-electron chi connectivity index (χ3n) is 3.53. The smallest absolute Gasteiger partial charge is 0.207 e. The molecule has 3 rings (SSSR count). The Kier molecular flexibility index (Phi) is 2.93. The third-order valence-corrected chi connectivity index (χ3v) is 3.53. The molecule has 0 spiro atoms. The molecule has 2 N–H and O–H groups in total. The van der Waals surface area contributed by atoms with Crippen molar-refractivity contribution in [2.24, 2.45) is 7.05 Å². The molecule has 0 aliphatic heterocycles. The van der Waals surface area contributed by atoms with Crippen molar-refractivity contribution in [2.75, 3.05) is 5.73 Å². The zero-order valence-corrected chi connectivity index (χ0v) is 12.0. The number of imidazole rings is 1. The van der Waals surface area contributed by atoms with E-state index in [0.717, 1.165) is 17.8 Å². The van der Waals surface area contributed by atoms with Gasteiger partial charge in [-0.1, -0.05) is 6.92 Å². The lowest BCUT2D eigenvalue weighted by Crippen LogP contribution is -2.07. The number of aromatic nitrogens is 4. The number of hydrogen-bond donors (Lipinski definition) is 1. The van der Waals surface area contributed by atoms with Crippen molar-refractivity contribution in [1.82, 2.24) is 19.3 Å². The molecule has 3 aromatic rings. The first-order valence-corrected chi connectivity index (χ1v) is 6.59. The summed E-state index contributed by atoms with van der Waals surface area (Å²) in [5.41, 5.74) is 8.10. The minimum Gasteiger partial charge on any atom is -0.369 e. The van der Waals surface area contributed by atoms with Crippen LogP contribution in [0.3, 0.4) is 0 Å². The maximum Gasteiger partial charge on any atom is 0.207 e. The van der Waals surface area contributed by atoms with Crippen LogP contribution in [0.25, 0.3) is 16.9 Å². The van der Waals surface area contributed by atoms with Gasteiger partial charge in [-0.05, 0) is 25.0 Å². The summed E-state index contributed by atoms with van der Waals surface area (Å²) >= 11 is 0. The van der Waals surface area contributed by atoms with Crippen LogP contribution in [0.5, 0.6) is 0 Å². The summed E-state index contributed by atoms with van der Waals surface area (Å²) in [4.78, 5) is 4.24. The van der Waals surface area contributed by atoms with Crippen molar-refractivity contribution >= 4 is 17.1 Å². The van der Waals surface area contributed by atoms with Crippen LogP contribution in [-0.2, 0) is 13.5 Å². The van der Waals surface area contributed by atoms with E-state index in [9.17, 15) is 8.78 Å². The van der Waals surface area contributed by atoms with E-state index in [0.29, 0.717) is 17.6 Å². The van der Waals surface area contributed by atoms with E-state index < -0.39 is 11.6 Å². The molecule has 2 aromatic heterocycles. The fourth-order valence-electron chi connectivity index (χ4n) is 2.48. The van der Waals surface area contributed by atoms with Gasteiger partial charge in [0.15, 0.2) is 5.65 Å². The molecular formula is C14H15F2N5. The van der Waals surface area contributed by atoms with Crippen LogP contribution in [0.2, 0.25) is 0 Å². The molecule has 5 nitrogen and oxygen atoms in total. The Morgan fingerprint density at radius 2 is 1.95 bits per heavy atom. The summed E-state index contributed by atoms with van der Waals surface area (Å²) < 4.78 is 31.0. The average Bonchev–Trinajstić information content (AvgIpc) is 2.91. The highest BCUT2D eigenvalue weighted by atomic mass is 19.1. The van der Waals surface area contributed by atoms with Gasteiger partial charge in [0.25, 0.3) is 0 Å². The number of halogens is 2. The van der Waals surface area contributed by atoms with Crippen LogP contribution < -0.4 is 5.73 Å². The number of hydrogen-bond acceptors (Lipinski definition) is 3. The Hall–Kier alpha value is -2.44. The number of benzene rings is 1. The molecule has 1 aromatic carbocycles. The van der Waals surface area contributed by atoms with Crippen molar-refractivity contribution in [3.63, 3.8) is 0 Å². The highest BCUT2D eigenvalue weighted by molar-refractivity contribution is 5.80. The first-order chi connectivity index (χ1) is 9.93. The predicted molar refractivity (Wildman–Crippen MR) is 76.3 cm³/mol. The molecule has 21 heavy (non-hydrogen) atoms. The van der Waals surface area contributed by atoms with Gasteiger partial charge >= 0.3 is 0 Å². The Bertz CT molecular complexity index is 847. The number of fused-ring (bicyclic) bond motifs is 1. The zero-order valence-electron chi connectivity index (χ0n) is 12.0. The number of aryl methyl sites for hydroxylation is 3. The maximum absolute atomic E-state index is 14.2. The molecule has 0 aliphatic rings. The first kappa shape index (κ1) is 13.5. The number of anilines is 1. The third kappa shape index (κ3) is 1.88. The Labute approximate surface area is 120 Å². The second kappa shape index (κ2) is 4.54. The molecule has 0 saturated carbocycles. The number of nitrogens with zero attached hydrogens (tertiary/aromatic N) is 4. The predicted octanol–water partition coefficient (Wildman–Crippen LogP) is 2.49. The van der Waals surface area contributed by atoms with Gasteiger partial charge in [0, 0.05) is 13.1 Å². The van der Waals surface area contributed by atoms with E-state index in [1.54, 1.807) is 11.7 Å². The van der Waals surface area contributed by atoms with Gasteiger partial charge in [-0.25, -0.2) is 18.4 Å². The topological polar surface area (TPSA) is 61.7 Å². The van der Waals surface area contributed by atoms with E-state index in [4.69, 9.17) is 5.73 Å². The largest absolute Gasteiger partial charge is 0.369 e. The molecule has 2 heterocycles. The second-order valence-corrected chi connectivity index (χ2v) is 4.95. The van der Waals surface area contributed by atoms with Gasteiger partial charge in [-0.15, -0.1) is 0 Å². The minimum absolute atomic E-state index is 0.0313. The summed E-state index contributed by atoms with van der Waals surface area (Å²) in [5, 5.41) is 4.33. The van der Waals surface area contributed by atoms with Gasteiger partial charge in [0.05, 0.1) is 11.4 Å². The normalized spacial score (nSPS) is 11.5. The van der Waals surface area contributed by atoms with Gasteiger partial charge in [-0.2, -0.15) is 5.10 Å². The molecule has 0 atom stereocenters. The van der Waals surface area contributed by atoms with Crippen molar-refractivity contribution in [3.05, 3.63) is 35.0 Å². The molecule has 0 unspecified atom stereocenters. The number of rotatable bonds is 2. The van der Waals surface area contributed by atoms with Gasteiger partial charge in [0.1, 0.15) is 17.2 Å². The molecule has 0 amide bonds. The molecule has 0 radical (unpaired) electrons. The van der Waals surface area contributed by atoms with Crippen LogP contribution in [0.4, 0.5) is 14.7 Å². The Morgan fingerprint density at radius 3 is 2.62 bits per heavy atom. The van der Waals surface area contributed by atoms with Crippen LogP contribution in [0, 0.1) is 18.6 Å². The molecule has 7 heteroatoms. The average molecular weight is 291 g/mol. The van der Waals surface area contributed by atoms with Crippen LogP contribution in [0.15, 0.2) is 12.1 Å². The van der Waals surface area contributed by atoms with E-state index in [2.05, 4.69) is 10.1 Å². The SMILES string of the molecule is CCc1nn(C)c2c1nc(N)n2-c1cc(F)c(C)cc1F.